The van der Waals surface area contributed by atoms with Crippen LogP contribution >= 0.6 is 0 Å². The highest BCUT2D eigenvalue weighted by atomic mass is 15.1. The quantitative estimate of drug-likeness (QED) is 0.145. The fraction of sp³-hybridized carbons (Fsp3) is 0. The fourth-order valence-electron chi connectivity index (χ4n) is 10.4. The molecule has 0 aliphatic heterocycles. The Balaban J connectivity index is 0.946. The van der Waals surface area contributed by atoms with Crippen LogP contribution in [0.2, 0.25) is 0 Å². The topological polar surface area (TPSA) is 8.17 Å². The Morgan fingerprint density at radius 2 is 0.773 bits per heavy atom. The van der Waals surface area contributed by atoms with Crippen molar-refractivity contribution in [1.29, 1.82) is 0 Å². The van der Waals surface area contributed by atoms with E-state index in [9.17, 15) is 0 Å². The van der Waals surface area contributed by atoms with Crippen molar-refractivity contribution in [3.63, 3.8) is 0 Å². The van der Waals surface area contributed by atoms with Crippen LogP contribution in [0.1, 0.15) is 0 Å². The zero-order valence-electron chi connectivity index (χ0n) is 36.1. The zero-order valence-corrected chi connectivity index (χ0v) is 36.1. The molecular weight excluding hydrogens is 797 g/mol. The first kappa shape index (κ1) is 37.8. The smallest absolute Gasteiger partial charge is 0.0619 e. The van der Waals surface area contributed by atoms with Crippen LogP contribution in [-0.2, 0) is 0 Å². The summed E-state index contributed by atoms with van der Waals surface area (Å²) in [6, 6.07) is 93.3. The average Bonchev–Trinajstić information content (AvgIpc) is 3.73. The highest BCUT2D eigenvalue weighted by molar-refractivity contribution is 6.19. The summed E-state index contributed by atoms with van der Waals surface area (Å²) in [6.45, 7) is 0. The molecule has 13 rings (SSSR count). The van der Waals surface area contributed by atoms with Gasteiger partial charge in [0.1, 0.15) is 0 Å². The third kappa shape index (κ3) is 6.26. The van der Waals surface area contributed by atoms with E-state index in [2.05, 4.69) is 264 Å². The van der Waals surface area contributed by atoms with E-state index in [1.54, 1.807) is 0 Å². The predicted molar refractivity (Wildman–Crippen MR) is 282 cm³/mol. The normalized spacial score (nSPS) is 11.6. The van der Waals surface area contributed by atoms with Crippen LogP contribution in [0, 0.1) is 0 Å². The van der Waals surface area contributed by atoms with E-state index < -0.39 is 0 Å². The fourth-order valence-corrected chi connectivity index (χ4v) is 10.4. The summed E-state index contributed by atoms with van der Waals surface area (Å²) in [7, 11) is 0. The van der Waals surface area contributed by atoms with Gasteiger partial charge < -0.3 is 9.47 Å². The van der Waals surface area contributed by atoms with Gasteiger partial charge in [-0.05, 0) is 126 Å². The van der Waals surface area contributed by atoms with Gasteiger partial charge in [0.2, 0.25) is 0 Å². The standard InChI is InChI=1S/C64H42N2/c1-3-16-49(17-4-1)63-56-21-11-8-14-45(56)30-38-57(63)47-27-35-53(36-28-47)65(54-37-29-48-24-23-44-13-7-10-20-55(44)61(48)42-54)52-33-25-43(26-34-52)50-32-39-59-60-40-31-46-15-9-12-22-58(46)64(60)66(62(59)41-50)51-18-5-2-6-19-51/h1-42H. The Bertz CT molecular complexity index is 3960. The molecule has 0 amide bonds. The molecule has 0 N–H and O–H groups in total. The van der Waals surface area contributed by atoms with Gasteiger partial charge in [-0.1, -0.05) is 200 Å². The first-order valence-corrected chi connectivity index (χ1v) is 22.7. The predicted octanol–water partition coefficient (Wildman–Crippen LogP) is 17.9. The number of aromatic nitrogens is 1. The van der Waals surface area contributed by atoms with Crippen molar-refractivity contribution in [2.45, 2.75) is 0 Å². The molecule has 0 bridgehead atoms. The maximum atomic E-state index is 2.44. The Hall–Kier alpha value is -8.72. The first-order chi connectivity index (χ1) is 32.7. The van der Waals surface area contributed by atoms with Crippen molar-refractivity contribution in [3.8, 4) is 39.1 Å². The van der Waals surface area contributed by atoms with E-state index in [4.69, 9.17) is 0 Å². The molecule has 0 spiro atoms. The largest absolute Gasteiger partial charge is 0.310 e. The van der Waals surface area contributed by atoms with Gasteiger partial charge in [0, 0.05) is 38.9 Å². The second-order valence-corrected chi connectivity index (χ2v) is 17.3. The molecule has 66 heavy (non-hydrogen) atoms. The third-order valence-corrected chi connectivity index (χ3v) is 13.5. The molecule has 0 saturated carbocycles. The van der Waals surface area contributed by atoms with Crippen LogP contribution < -0.4 is 4.90 Å². The molecule has 2 nitrogen and oxygen atoms in total. The molecule has 0 atom stereocenters. The molecule has 1 aromatic heterocycles. The molecule has 1 heterocycles. The van der Waals surface area contributed by atoms with Gasteiger partial charge in [0.15, 0.2) is 0 Å². The Morgan fingerprint density at radius 1 is 0.273 bits per heavy atom. The lowest BCUT2D eigenvalue weighted by atomic mass is 9.90. The van der Waals surface area contributed by atoms with E-state index in [0.717, 1.165) is 22.7 Å². The number of para-hydroxylation sites is 1. The molecule has 13 aromatic rings. The molecule has 0 aliphatic carbocycles. The number of fused-ring (bicyclic) bond motifs is 9. The van der Waals surface area contributed by atoms with Crippen LogP contribution in [0.3, 0.4) is 0 Å². The second kappa shape index (κ2) is 15.5. The van der Waals surface area contributed by atoms with Crippen molar-refractivity contribution >= 4 is 82.0 Å². The van der Waals surface area contributed by atoms with E-state index in [0.29, 0.717) is 0 Å². The van der Waals surface area contributed by atoms with E-state index >= 15 is 0 Å². The van der Waals surface area contributed by atoms with Gasteiger partial charge in [-0.15, -0.1) is 0 Å². The van der Waals surface area contributed by atoms with Crippen LogP contribution in [0.4, 0.5) is 17.1 Å². The molecule has 12 aromatic carbocycles. The second-order valence-electron chi connectivity index (χ2n) is 17.3. The number of hydrogen-bond acceptors (Lipinski definition) is 1. The van der Waals surface area contributed by atoms with E-state index in [-0.39, 0.29) is 0 Å². The highest BCUT2D eigenvalue weighted by Gasteiger charge is 2.19. The molecular formula is C64H42N2. The van der Waals surface area contributed by atoms with Gasteiger partial charge in [-0.3, -0.25) is 0 Å². The molecule has 0 unspecified atom stereocenters. The summed E-state index contributed by atoms with van der Waals surface area (Å²) < 4.78 is 2.44. The molecule has 0 aliphatic rings. The van der Waals surface area contributed by atoms with Crippen molar-refractivity contribution in [3.05, 3.63) is 255 Å². The van der Waals surface area contributed by atoms with Crippen LogP contribution in [-0.4, -0.2) is 4.57 Å². The lowest BCUT2D eigenvalue weighted by Crippen LogP contribution is -2.10. The molecule has 2 heteroatoms. The highest BCUT2D eigenvalue weighted by Crippen LogP contribution is 2.43. The van der Waals surface area contributed by atoms with Crippen molar-refractivity contribution in [2.75, 3.05) is 4.90 Å². The number of nitrogens with zero attached hydrogens (tertiary/aromatic N) is 2. The van der Waals surface area contributed by atoms with Crippen LogP contribution in [0.25, 0.3) is 104 Å². The minimum atomic E-state index is 1.09. The summed E-state index contributed by atoms with van der Waals surface area (Å²) in [5, 5.41) is 12.5. The summed E-state index contributed by atoms with van der Waals surface area (Å²) in [5.74, 6) is 0. The van der Waals surface area contributed by atoms with Gasteiger partial charge in [-0.25, -0.2) is 0 Å². The number of rotatable bonds is 7. The Morgan fingerprint density at radius 3 is 1.50 bits per heavy atom. The number of benzene rings is 12. The average molecular weight is 839 g/mol. The Labute approximate surface area is 383 Å². The summed E-state index contributed by atoms with van der Waals surface area (Å²) >= 11 is 0. The summed E-state index contributed by atoms with van der Waals surface area (Å²) in [6.07, 6.45) is 0. The van der Waals surface area contributed by atoms with Crippen LogP contribution in [0.15, 0.2) is 255 Å². The van der Waals surface area contributed by atoms with E-state index in [1.807, 2.05) is 0 Å². The summed E-state index contributed by atoms with van der Waals surface area (Å²) in [5.41, 5.74) is 14.1. The molecule has 0 saturated heterocycles. The van der Waals surface area contributed by atoms with Crippen molar-refractivity contribution in [2.24, 2.45) is 0 Å². The first-order valence-electron chi connectivity index (χ1n) is 22.7. The van der Waals surface area contributed by atoms with Gasteiger partial charge in [0.05, 0.1) is 11.0 Å². The minimum absolute atomic E-state index is 1.09. The van der Waals surface area contributed by atoms with Crippen molar-refractivity contribution < 1.29 is 0 Å². The maximum Gasteiger partial charge on any atom is 0.0619 e. The Kier molecular flexibility index (Phi) is 8.89. The maximum absolute atomic E-state index is 2.44. The van der Waals surface area contributed by atoms with Crippen molar-refractivity contribution in [1.82, 2.24) is 4.57 Å². The van der Waals surface area contributed by atoms with Crippen LogP contribution in [0.5, 0.6) is 0 Å². The lowest BCUT2D eigenvalue weighted by molar-refractivity contribution is 1.19. The zero-order chi connectivity index (χ0) is 43.6. The van der Waals surface area contributed by atoms with Gasteiger partial charge in [0.25, 0.3) is 0 Å². The SMILES string of the molecule is c1ccc(-c2c(-c3ccc(N(c4ccc(-c5ccc6c7ccc8ccccc8c7n(-c7ccccc7)c6c5)cc4)c4ccc5ccc6ccccc6c5c4)cc3)ccc3ccccc23)cc1. The van der Waals surface area contributed by atoms with Gasteiger partial charge in [-0.2, -0.15) is 0 Å². The number of anilines is 3. The molecule has 0 radical (unpaired) electrons. The summed E-state index contributed by atoms with van der Waals surface area (Å²) in [4.78, 5) is 2.40. The third-order valence-electron chi connectivity index (χ3n) is 13.5. The lowest BCUT2D eigenvalue weighted by Gasteiger charge is -2.26. The molecule has 308 valence electrons. The minimum Gasteiger partial charge on any atom is -0.310 e. The number of hydrogen-bond donors (Lipinski definition) is 0. The molecule has 0 fully saturated rings. The van der Waals surface area contributed by atoms with E-state index in [1.165, 1.54) is 98.3 Å². The monoisotopic (exact) mass is 838 g/mol. The van der Waals surface area contributed by atoms with Gasteiger partial charge >= 0.3 is 0 Å².